The van der Waals surface area contributed by atoms with Crippen LogP contribution >= 0.6 is 0 Å². The molecule has 2 atom stereocenters. The fourth-order valence-electron chi connectivity index (χ4n) is 4.13. The largest absolute Gasteiger partial charge is 0.497 e. The van der Waals surface area contributed by atoms with Crippen LogP contribution in [0.2, 0.25) is 0 Å². The van der Waals surface area contributed by atoms with Gasteiger partial charge in [-0.15, -0.1) is 0 Å². The fourth-order valence-corrected chi connectivity index (χ4v) is 4.13. The number of methoxy groups -OCH3 is 1. The summed E-state index contributed by atoms with van der Waals surface area (Å²) < 4.78 is 33.2. The quantitative estimate of drug-likeness (QED) is 0.639. The SMILES string of the molecule is COc1ccc2c(c1)[C@@H]1OCCN(c3nc(-c4ccncc4F)cc(=O)n3C)[C@@H]1CO2. The zero-order valence-electron chi connectivity index (χ0n) is 17.1. The third kappa shape index (κ3) is 3.31. The Bertz CT molecular complexity index is 1200. The van der Waals surface area contributed by atoms with E-state index in [-0.39, 0.29) is 29.0 Å². The monoisotopic (exact) mass is 424 g/mol. The Morgan fingerprint density at radius 2 is 2.13 bits per heavy atom. The molecule has 0 spiro atoms. The molecule has 1 aromatic carbocycles. The normalized spacial score (nSPS) is 19.9. The van der Waals surface area contributed by atoms with Crippen LogP contribution in [-0.4, -0.2) is 47.4 Å². The lowest BCUT2D eigenvalue weighted by atomic mass is 9.96. The van der Waals surface area contributed by atoms with Crippen LogP contribution in [0, 0.1) is 5.82 Å². The van der Waals surface area contributed by atoms with Crippen LogP contribution in [0.4, 0.5) is 10.3 Å². The Morgan fingerprint density at radius 3 is 2.94 bits per heavy atom. The standard InChI is InChI=1S/C22H21FN4O4/c1-26-20(28)10-17(14-5-6-24-11-16(14)23)25-22(26)27-7-8-30-21-15-9-13(29-2)3-4-19(15)31-12-18(21)27/h3-6,9-11,18,21H,7-8,12H2,1-2H3/t18-,21+/m1/s1. The number of ether oxygens (including phenoxy) is 3. The zero-order valence-corrected chi connectivity index (χ0v) is 17.1. The average molecular weight is 424 g/mol. The molecular formula is C22H21FN4O4. The third-order valence-electron chi connectivity index (χ3n) is 5.73. The van der Waals surface area contributed by atoms with E-state index >= 15 is 0 Å². The fraction of sp³-hybridized carbons (Fsp3) is 0.318. The van der Waals surface area contributed by atoms with Crippen molar-refractivity contribution < 1.29 is 18.6 Å². The number of anilines is 1. The van der Waals surface area contributed by atoms with E-state index in [2.05, 4.69) is 9.97 Å². The highest BCUT2D eigenvalue weighted by Gasteiger charge is 2.40. The van der Waals surface area contributed by atoms with E-state index in [1.54, 1.807) is 14.2 Å². The Morgan fingerprint density at radius 1 is 1.26 bits per heavy atom. The van der Waals surface area contributed by atoms with Crippen LogP contribution in [0.15, 0.2) is 47.5 Å². The van der Waals surface area contributed by atoms with Gasteiger partial charge in [0.2, 0.25) is 5.95 Å². The van der Waals surface area contributed by atoms with E-state index < -0.39 is 5.82 Å². The maximum atomic E-state index is 14.3. The van der Waals surface area contributed by atoms with Crippen LogP contribution in [0.25, 0.3) is 11.3 Å². The van der Waals surface area contributed by atoms with Gasteiger partial charge in [-0.05, 0) is 24.3 Å². The predicted molar refractivity (Wildman–Crippen MR) is 111 cm³/mol. The molecule has 8 nitrogen and oxygen atoms in total. The Labute approximate surface area is 177 Å². The summed E-state index contributed by atoms with van der Waals surface area (Å²) in [5.41, 5.74) is 1.10. The van der Waals surface area contributed by atoms with Gasteiger partial charge in [-0.25, -0.2) is 9.37 Å². The van der Waals surface area contributed by atoms with Crippen LogP contribution in [0.3, 0.4) is 0 Å². The minimum atomic E-state index is -0.531. The molecule has 0 saturated carbocycles. The first kappa shape index (κ1) is 19.5. The molecule has 4 heterocycles. The first-order valence-electron chi connectivity index (χ1n) is 9.94. The van der Waals surface area contributed by atoms with E-state index in [0.29, 0.717) is 31.5 Å². The Kier molecular flexibility index (Phi) is 4.82. The summed E-state index contributed by atoms with van der Waals surface area (Å²) in [6, 6.07) is 8.26. The number of rotatable bonds is 3. The zero-order chi connectivity index (χ0) is 21.5. The highest BCUT2D eigenvalue weighted by molar-refractivity contribution is 5.60. The van der Waals surface area contributed by atoms with Crippen molar-refractivity contribution in [1.29, 1.82) is 0 Å². The van der Waals surface area contributed by atoms with Gasteiger partial charge in [0.05, 0.1) is 31.6 Å². The molecule has 31 heavy (non-hydrogen) atoms. The van der Waals surface area contributed by atoms with Gasteiger partial charge < -0.3 is 19.1 Å². The van der Waals surface area contributed by atoms with Crippen molar-refractivity contribution in [2.24, 2.45) is 7.05 Å². The van der Waals surface area contributed by atoms with Gasteiger partial charge in [-0.3, -0.25) is 14.3 Å². The molecule has 3 aromatic rings. The van der Waals surface area contributed by atoms with E-state index in [1.165, 1.54) is 22.9 Å². The van der Waals surface area contributed by atoms with Crippen LogP contribution in [-0.2, 0) is 11.8 Å². The molecule has 0 bridgehead atoms. The van der Waals surface area contributed by atoms with Crippen molar-refractivity contribution in [3.63, 3.8) is 0 Å². The molecule has 9 heteroatoms. The Hall–Kier alpha value is -3.46. The van der Waals surface area contributed by atoms with Crippen molar-refractivity contribution >= 4 is 5.95 Å². The number of pyridine rings is 1. The topological polar surface area (TPSA) is 78.7 Å². The number of morpholine rings is 1. The number of fused-ring (bicyclic) bond motifs is 3. The van der Waals surface area contributed by atoms with Crippen LogP contribution < -0.4 is 19.9 Å². The van der Waals surface area contributed by atoms with Crippen molar-refractivity contribution in [2.45, 2.75) is 12.1 Å². The summed E-state index contributed by atoms with van der Waals surface area (Å²) in [4.78, 5) is 23.1. The summed E-state index contributed by atoms with van der Waals surface area (Å²) in [6.45, 7) is 1.33. The van der Waals surface area contributed by atoms with Gasteiger partial charge in [-0.1, -0.05) is 0 Å². The number of hydrogen-bond donors (Lipinski definition) is 0. The van der Waals surface area contributed by atoms with Crippen LogP contribution in [0.5, 0.6) is 11.5 Å². The summed E-state index contributed by atoms with van der Waals surface area (Å²) in [7, 11) is 3.27. The molecule has 1 saturated heterocycles. The van der Waals surface area contributed by atoms with E-state index in [1.807, 2.05) is 23.1 Å². The molecule has 0 unspecified atom stereocenters. The maximum Gasteiger partial charge on any atom is 0.255 e. The number of aromatic nitrogens is 3. The minimum absolute atomic E-state index is 0.205. The Balaban J connectivity index is 1.58. The minimum Gasteiger partial charge on any atom is -0.497 e. The summed E-state index contributed by atoms with van der Waals surface area (Å²) in [6.07, 6.45) is 2.31. The molecule has 2 aliphatic rings. The number of nitrogens with zero attached hydrogens (tertiary/aromatic N) is 4. The van der Waals surface area contributed by atoms with Gasteiger partial charge in [0.1, 0.15) is 24.2 Å². The first-order chi connectivity index (χ1) is 15.1. The second-order valence-electron chi connectivity index (χ2n) is 7.46. The predicted octanol–water partition coefficient (Wildman–Crippen LogP) is 2.33. The lowest BCUT2D eigenvalue weighted by molar-refractivity contribution is -0.0165. The highest BCUT2D eigenvalue weighted by Crippen LogP contribution is 2.41. The van der Waals surface area contributed by atoms with Gasteiger partial charge in [0.15, 0.2) is 5.82 Å². The average Bonchev–Trinajstić information content (AvgIpc) is 2.80. The van der Waals surface area contributed by atoms with Crippen molar-refractivity contribution in [1.82, 2.24) is 14.5 Å². The molecular weight excluding hydrogens is 403 g/mol. The summed E-state index contributed by atoms with van der Waals surface area (Å²) in [5, 5.41) is 0. The van der Waals surface area contributed by atoms with Gasteiger partial charge in [0.25, 0.3) is 5.56 Å². The molecule has 0 aliphatic carbocycles. The molecule has 0 amide bonds. The maximum absolute atomic E-state index is 14.3. The number of halogens is 1. The van der Waals surface area contributed by atoms with E-state index in [0.717, 1.165) is 17.5 Å². The van der Waals surface area contributed by atoms with Crippen LogP contribution in [0.1, 0.15) is 11.7 Å². The molecule has 2 aromatic heterocycles. The molecule has 1 fully saturated rings. The van der Waals surface area contributed by atoms with Gasteiger partial charge >= 0.3 is 0 Å². The lowest BCUT2D eigenvalue weighted by Gasteiger charge is -2.44. The summed E-state index contributed by atoms with van der Waals surface area (Å²) >= 11 is 0. The first-order valence-corrected chi connectivity index (χ1v) is 9.94. The smallest absolute Gasteiger partial charge is 0.255 e. The summed E-state index contributed by atoms with van der Waals surface area (Å²) in [5.74, 6) is 1.37. The molecule has 0 radical (unpaired) electrons. The molecule has 2 aliphatic heterocycles. The number of hydrogen-bond acceptors (Lipinski definition) is 7. The third-order valence-corrected chi connectivity index (χ3v) is 5.73. The van der Waals surface area contributed by atoms with Gasteiger partial charge in [-0.2, -0.15) is 0 Å². The molecule has 0 N–H and O–H groups in total. The van der Waals surface area contributed by atoms with Crippen molar-refractivity contribution in [3.8, 4) is 22.8 Å². The second-order valence-corrected chi connectivity index (χ2v) is 7.46. The van der Waals surface area contributed by atoms with E-state index in [4.69, 9.17) is 14.2 Å². The lowest BCUT2D eigenvalue weighted by Crippen LogP contribution is -2.53. The second kappa shape index (κ2) is 7.66. The molecule has 5 rings (SSSR count). The highest BCUT2D eigenvalue weighted by atomic mass is 19.1. The van der Waals surface area contributed by atoms with Gasteiger partial charge in [0, 0.05) is 37.0 Å². The van der Waals surface area contributed by atoms with Crippen molar-refractivity contribution in [2.75, 3.05) is 31.8 Å². The number of benzene rings is 1. The molecule has 160 valence electrons. The van der Waals surface area contributed by atoms with E-state index in [9.17, 15) is 9.18 Å². The van der Waals surface area contributed by atoms with Crippen molar-refractivity contribution in [3.05, 3.63) is 64.5 Å².